The average molecular weight is 346 g/mol. The van der Waals surface area contributed by atoms with Crippen molar-refractivity contribution in [3.8, 4) is 11.3 Å². The molecule has 6 heteroatoms. The molecular weight excluding hydrogens is 333 g/mol. The Kier molecular flexibility index (Phi) is 4.64. The average Bonchev–Trinajstić information content (AvgIpc) is 3.04. The van der Waals surface area contributed by atoms with Crippen LogP contribution in [-0.2, 0) is 6.61 Å². The number of carbonyl (C=O) groups is 1. The monoisotopic (exact) mass is 345 g/mol. The zero-order valence-corrected chi connectivity index (χ0v) is 13.2. The fourth-order valence-electron chi connectivity index (χ4n) is 2.23. The first kappa shape index (κ1) is 16.2. The number of aliphatic hydroxyl groups excluding tert-OH is 1. The third-order valence-corrected chi connectivity index (χ3v) is 3.71. The van der Waals surface area contributed by atoms with E-state index < -0.39 is 11.7 Å². The maximum atomic E-state index is 13.2. The fraction of sp³-hybridized carbons (Fsp3) is 0.0556. The summed E-state index contributed by atoms with van der Waals surface area (Å²) in [7, 11) is 0. The Morgan fingerprint density at radius 3 is 2.67 bits per heavy atom. The number of nitrogens with one attached hydrogen (secondary N) is 1. The molecule has 122 valence electrons. The molecule has 0 atom stereocenters. The van der Waals surface area contributed by atoms with Crippen LogP contribution in [0.5, 0.6) is 0 Å². The topological polar surface area (TPSA) is 62.5 Å². The molecule has 0 aliphatic heterocycles. The van der Waals surface area contributed by atoms with Gasteiger partial charge in [-0.25, -0.2) is 4.39 Å². The van der Waals surface area contributed by atoms with Gasteiger partial charge in [0.2, 0.25) is 0 Å². The predicted molar refractivity (Wildman–Crippen MR) is 89.4 cm³/mol. The standard InChI is InChI=1S/C18H13ClFNO3/c19-16-9-13(21-18(23)11-2-1-3-12(20)8-11)4-6-15(16)17-7-5-14(10-22)24-17/h1-9,22H,10H2,(H,21,23). The lowest BCUT2D eigenvalue weighted by molar-refractivity contribution is 0.102. The normalized spacial score (nSPS) is 10.6. The Morgan fingerprint density at radius 1 is 1.17 bits per heavy atom. The number of hydrogen-bond acceptors (Lipinski definition) is 3. The van der Waals surface area contributed by atoms with Gasteiger partial charge >= 0.3 is 0 Å². The first-order chi connectivity index (χ1) is 11.6. The Hall–Kier alpha value is -2.63. The second kappa shape index (κ2) is 6.86. The van der Waals surface area contributed by atoms with Gasteiger partial charge in [0.05, 0.1) is 5.02 Å². The SMILES string of the molecule is O=C(Nc1ccc(-c2ccc(CO)o2)c(Cl)c1)c1cccc(F)c1. The Morgan fingerprint density at radius 2 is 2.00 bits per heavy atom. The number of amides is 1. The van der Waals surface area contributed by atoms with Crippen molar-refractivity contribution in [3.05, 3.63) is 76.8 Å². The highest BCUT2D eigenvalue weighted by Gasteiger charge is 2.11. The maximum Gasteiger partial charge on any atom is 0.255 e. The molecule has 0 fully saturated rings. The summed E-state index contributed by atoms with van der Waals surface area (Å²) in [6.07, 6.45) is 0. The van der Waals surface area contributed by atoms with Crippen LogP contribution in [0.25, 0.3) is 11.3 Å². The van der Waals surface area contributed by atoms with Crippen molar-refractivity contribution in [3.63, 3.8) is 0 Å². The molecule has 24 heavy (non-hydrogen) atoms. The molecule has 1 aromatic heterocycles. The summed E-state index contributed by atoms with van der Waals surface area (Å²) in [6, 6.07) is 13.7. The van der Waals surface area contributed by atoms with Gasteiger partial charge in [0, 0.05) is 16.8 Å². The summed E-state index contributed by atoms with van der Waals surface area (Å²) in [6.45, 7) is -0.195. The van der Waals surface area contributed by atoms with E-state index in [9.17, 15) is 9.18 Å². The van der Waals surface area contributed by atoms with Gasteiger partial charge in [-0.2, -0.15) is 0 Å². The first-order valence-corrected chi connectivity index (χ1v) is 7.51. The van der Waals surface area contributed by atoms with Gasteiger partial charge in [0.1, 0.15) is 23.9 Å². The second-order valence-electron chi connectivity index (χ2n) is 5.08. The zero-order chi connectivity index (χ0) is 17.1. The van der Waals surface area contributed by atoms with E-state index in [2.05, 4.69) is 5.32 Å². The molecule has 0 spiro atoms. The van der Waals surface area contributed by atoms with E-state index in [4.69, 9.17) is 21.1 Å². The Bertz CT molecular complexity index is 891. The molecule has 0 unspecified atom stereocenters. The molecule has 3 aromatic rings. The van der Waals surface area contributed by atoms with Crippen LogP contribution in [0.1, 0.15) is 16.1 Å². The first-order valence-electron chi connectivity index (χ1n) is 7.13. The van der Waals surface area contributed by atoms with Gasteiger partial charge in [-0.15, -0.1) is 0 Å². The van der Waals surface area contributed by atoms with Crippen molar-refractivity contribution < 1.29 is 18.7 Å². The molecule has 1 heterocycles. The van der Waals surface area contributed by atoms with Gasteiger partial charge < -0.3 is 14.8 Å². The molecule has 2 N–H and O–H groups in total. The number of benzene rings is 2. The number of hydrogen-bond donors (Lipinski definition) is 2. The molecule has 3 rings (SSSR count). The Labute approximate surface area is 142 Å². The zero-order valence-electron chi connectivity index (χ0n) is 12.4. The van der Waals surface area contributed by atoms with Crippen LogP contribution in [0.15, 0.2) is 59.0 Å². The molecule has 0 bridgehead atoms. The van der Waals surface area contributed by atoms with Gasteiger partial charge in [-0.3, -0.25) is 4.79 Å². The van der Waals surface area contributed by atoms with Crippen LogP contribution in [0.2, 0.25) is 5.02 Å². The maximum absolute atomic E-state index is 13.2. The highest BCUT2D eigenvalue weighted by molar-refractivity contribution is 6.33. The van der Waals surface area contributed by atoms with E-state index in [1.54, 1.807) is 30.3 Å². The fourth-order valence-corrected chi connectivity index (χ4v) is 2.51. The lowest BCUT2D eigenvalue weighted by Gasteiger charge is -2.08. The van der Waals surface area contributed by atoms with E-state index in [1.165, 1.54) is 18.2 Å². The summed E-state index contributed by atoms with van der Waals surface area (Å²) in [5.74, 6) is 0.0454. The van der Waals surface area contributed by atoms with Crippen molar-refractivity contribution in [1.82, 2.24) is 0 Å². The van der Waals surface area contributed by atoms with Crippen LogP contribution in [0.3, 0.4) is 0 Å². The van der Waals surface area contributed by atoms with E-state index in [1.807, 2.05) is 0 Å². The summed E-state index contributed by atoms with van der Waals surface area (Å²) in [4.78, 5) is 12.1. The van der Waals surface area contributed by atoms with Crippen LogP contribution in [-0.4, -0.2) is 11.0 Å². The highest BCUT2D eigenvalue weighted by atomic mass is 35.5. The third kappa shape index (κ3) is 3.48. The van der Waals surface area contributed by atoms with E-state index in [0.717, 1.165) is 6.07 Å². The van der Waals surface area contributed by atoms with Gasteiger partial charge in [0.25, 0.3) is 5.91 Å². The molecule has 1 amide bonds. The number of aliphatic hydroxyl groups is 1. The van der Waals surface area contributed by atoms with Crippen molar-refractivity contribution in [2.75, 3.05) is 5.32 Å². The van der Waals surface area contributed by atoms with Crippen molar-refractivity contribution in [1.29, 1.82) is 0 Å². The molecule has 0 radical (unpaired) electrons. The minimum atomic E-state index is -0.478. The van der Waals surface area contributed by atoms with Gasteiger partial charge in [-0.1, -0.05) is 17.7 Å². The summed E-state index contributed by atoms with van der Waals surface area (Å²) in [5, 5.41) is 12.1. The Balaban J connectivity index is 1.80. The summed E-state index contributed by atoms with van der Waals surface area (Å²) in [5.41, 5.74) is 1.33. The minimum absolute atomic E-state index is 0.195. The molecule has 2 aromatic carbocycles. The van der Waals surface area contributed by atoms with Crippen LogP contribution < -0.4 is 5.32 Å². The molecule has 4 nitrogen and oxygen atoms in total. The summed E-state index contributed by atoms with van der Waals surface area (Å²) >= 11 is 6.24. The van der Waals surface area contributed by atoms with Gasteiger partial charge in [0.15, 0.2) is 0 Å². The number of halogens is 2. The molecule has 0 aliphatic rings. The molecule has 0 aliphatic carbocycles. The van der Waals surface area contributed by atoms with E-state index >= 15 is 0 Å². The van der Waals surface area contributed by atoms with Crippen LogP contribution >= 0.6 is 11.6 Å². The molecule has 0 saturated carbocycles. The molecular formula is C18H13ClFNO3. The largest absolute Gasteiger partial charge is 0.459 e. The number of anilines is 1. The lowest BCUT2D eigenvalue weighted by Crippen LogP contribution is -2.12. The van der Waals surface area contributed by atoms with Crippen molar-refractivity contribution >= 4 is 23.2 Å². The van der Waals surface area contributed by atoms with Crippen LogP contribution in [0.4, 0.5) is 10.1 Å². The van der Waals surface area contributed by atoms with Crippen molar-refractivity contribution in [2.24, 2.45) is 0 Å². The number of rotatable bonds is 4. The third-order valence-electron chi connectivity index (χ3n) is 3.40. The summed E-state index contributed by atoms with van der Waals surface area (Å²) < 4.78 is 18.6. The highest BCUT2D eigenvalue weighted by Crippen LogP contribution is 2.31. The van der Waals surface area contributed by atoms with Gasteiger partial charge in [-0.05, 0) is 48.5 Å². The minimum Gasteiger partial charge on any atom is -0.459 e. The predicted octanol–water partition coefficient (Wildman–Crippen LogP) is 4.48. The van der Waals surface area contributed by atoms with E-state index in [-0.39, 0.29) is 12.2 Å². The smallest absolute Gasteiger partial charge is 0.255 e. The second-order valence-corrected chi connectivity index (χ2v) is 5.49. The number of furan rings is 1. The molecule has 0 saturated heterocycles. The van der Waals surface area contributed by atoms with Crippen LogP contribution in [0, 0.1) is 5.82 Å². The number of carbonyl (C=O) groups excluding carboxylic acids is 1. The van der Waals surface area contributed by atoms with Crippen molar-refractivity contribution in [2.45, 2.75) is 6.61 Å². The van der Waals surface area contributed by atoms with E-state index in [0.29, 0.717) is 27.8 Å². The lowest BCUT2D eigenvalue weighted by atomic mass is 10.1. The quantitative estimate of drug-likeness (QED) is 0.732.